The van der Waals surface area contributed by atoms with E-state index in [-0.39, 0.29) is 5.82 Å². The van der Waals surface area contributed by atoms with Crippen LogP contribution in [0.1, 0.15) is 6.23 Å². The van der Waals surface area contributed by atoms with Gasteiger partial charge in [-0.25, -0.2) is 19.6 Å². The molecule has 1 aliphatic heterocycles. The predicted molar refractivity (Wildman–Crippen MR) is 106 cm³/mol. The summed E-state index contributed by atoms with van der Waals surface area (Å²) in [5.41, 5.74) is 8.44. The second kappa shape index (κ2) is 7.22. The van der Waals surface area contributed by atoms with Gasteiger partial charge in [0.25, 0.3) is 0 Å². The number of anilines is 1. The molecule has 0 aliphatic carbocycles. The minimum absolute atomic E-state index is 0.244. The minimum atomic E-state index is -1.12. The molecule has 29 heavy (non-hydrogen) atoms. The molecule has 4 aromatic rings. The third-order valence-electron chi connectivity index (χ3n) is 4.91. The van der Waals surface area contributed by atoms with E-state index in [1.165, 1.54) is 24.4 Å². The fraction of sp³-hybridized carbons (Fsp3) is 0.353. The van der Waals surface area contributed by atoms with E-state index in [4.69, 9.17) is 10.5 Å². The maximum Gasteiger partial charge on any atom is 0.167 e. The first kappa shape index (κ1) is 18.2. The molecule has 1 aliphatic rings. The van der Waals surface area contributed by atoms with Gasteiger partial charge in [-0.05, 0) is 12.1 Å². The molecule has 0 spiro atoms. The van der Waals surface area contributed by atoms with E-state index in [1.807, 2.05) is 24.3 Å². The van der Waals surface area contributed by atoms with E-state index in [2.05, 4.69) is 25.3 Å². The Balaban J connectivity index is 1.29. The van der Waals surface area contributed by atoms with Crippen molar-refractivity contribution in [2.24, 2.45) is 0 Å². The van der Waals surface area contributed by atoms with Gasteiger partial charge in [-0.1, -0.05) is 17.3 Å². The van der Waals surface area contributed by atoms with Crippen LogP contribution in [0.15, 0.2) is 36.9 Å². The normalized spacial score (nSPS) is 24.6. The number of nitrogen functional groups attached to an aromatic ring is 1. The number of imidazole rings is 1. The Morgan fingerprint density at radius 3 is 2.90 bits per heavy atom. The van der Waals surface area contributed by atoms with Gasteiger partial charge in [0.1, 0.15) is 29.6 Å². The molecule has 12 heteroatoms. The summed E-state index contributed by atoms with van der Waals surface area (Å²) in [5.74, 6) is 1.26. The van der Waals surface area contributed by atoms with Crippen LogP contribution < -0.4 is 5.73 Å². The average molecular weight is 414 g/mol. The first-order chi connectivity index (χ1) is 14.1. The van der Waals surface area contributed by atoms with Gasteiger partial charge in [0.05, 0.1) is 23.8 Å². The zero-order valence-corrected chi connectivity index (χ0v) is 15.9. The van der Waals surface area contributed by atoms with E-state index in [9.17, 15) is 10.2 Å². The number of thioether (sulfide) groups is 1. The van der Waals surface area contributed by atoms with Gasteiger partial charge in [0, 0.05) is 5.75 Å². The second-order valence-electron chi connectivity index (χ2n) is 6.71. The van der Waals surface area contributed by atoms with E-state index in [1.54, 1.807) is 9.25 Å². The molecule has 0 saturated carbocycles. The number of hydrogen-bond donors (Lipinski definition) is 3. The Bertz CT molecular complexity index is 1160. The molecule has 11 nitrogen and oxygen atoms in total. The van der Waals surface area contributed by atoms with E-state index in [0.717, 1.165) is 11.0 Å². The number of hydrogen-bond acceptors (Lipinski definition) is 10. The first-order valence-corrected chi connectivity index (χ1v) is 10.1. The van der Waals surface area contributed by atoms with Crippen LogP contribution in [0.3, 0.4) is 0 Å². The number of fused-ring (bicyclic) bond motifs is 2. The number of nitrogens with two attached hydrogens (primary N) is 1. The lowest BCUT2D eigenvalue weighted by Crippen LogP contribution is -2.32. The van der Waals surface area contributed by atoms with E-state index < -0.39 is 24.5 Å². The molecule has 1 fully saturated rings. The minimum Gasteiger partial charge on any atom is -0.387 e. The van der Waals surface area contributed by atoms with Crippen LogP contribution in [0.25, 0.3) is 22.2 Å². The highest BCUT2D eigenvalue weighted by atomic mass is 32.2. The quantitative estimate of drug-likeness (QED) is 0.412. The first-order valence-electron chi connectivity index (χ1n) is 8.94. The van der Waals surface area contributed by atoms with Crippen molar-refractivity contribution in [3.8, 4) is 0 Å². The van der Waals surface area contributed by atoms with Crippen molar-refractivity contribution in [2.75, 3.05) is 11.5 Å². The summed E-state index contributed by atoms with van der Waals surface area (Å²) >= 11 is 1.53. The molecule has 1 aromatic carbocycles. The summed E-state index contributed by atoms with van der Waals surface area (Å²) in [4.78, 5) is 12.3. The van der Waals surface area contributed by atoms with Crippen molar-refractivity contribution in [1.82, 2.24) is 34.5 Å². The molecular formula is C17H18N8O3S. The number of aromatic nitrogens is 7. The molecule has 5 rings (SSSR count). The summed E-state index contributed by atoms with van der Waals surface area (Å²) in [6.07, 6.45) is -0.747. The summed E-state index contributed by atoms with van der Waals surface area (Å²) < 4.78 is 9.30. The van der Waals surface area contributed by atoms with Gasteiger partial charge >= 0.3 is 0 Å². The standard InChI is InChI=1S/C17H18N8O3S/c18-15-12-16(20-6-19-15)24(7-21-12)17-14(27)13(26)11(28-17)5-29-8-25-10-4-2-1-3-9(10)22-23-25/h1-4,6-7,11,13-14,17,26-27H,5,8H2,(H2,18,19,20)/t11-,13?,14?,17?/m1/s1. The van der Waals surface area contributed by atoms with Crippen molar-refractivity contribution in [2.45, 2.75) is 30.4 Å². The summed E-state index contributed by atoms with van der Waals surface area (Å²) in [7, 11) is 0. The predicted octanol–water partition coefficient (Wildman–Crippen LogP) is 0.163. The van der Waals surface area contributed by atoms with E-state index >= 15 is 0 Å². The molecule has 4 atom stereocenters. The van der Waals surface area contributed by atoms with Gasteiger partial charge in [0.2, 0.25) is 0 Å². The molecule has 1 saturated heterocycles. The highest BCUT2D eigenvalue weighted by molar-refractivity contribution is 7.98. The van der Waals surface area contributed by atoms with Crippen molar-refractivity contribution >= 4 is 39.8 Å². The molecule has 0 amide bonds. The van der Waals surface area contributed by atoms with E-state index in [0.29, 0.717) is 22.8 Å². The van der Waals surface area contributed by atoms with Crippen LogP contribution in [0.4, 0.5) is 5.82 Å². The third kappa shape index (κ3) is 3.09. The number of para-hydroxylation sites is 1. The highest BCUT2D eigenvalue weighted by Crippen LogP contribution is 2.33. The molecule has 0 bridgehead atoms. The summed E-state index contributed by atoms with van der Waals surface area (Å²) in [5, 5.41) is 29.3. The largest absolute Gasteiger partial charge is 0.387 e. The average Bonchev–Trinajstić information content (AvgIpc) is 3.41. The fourth-order valence-electron chi connectivity index (χ4n) is 3.42. The number of aliphatic hydroxyl groups excluding tert-OH is 2. The lowest BCUT2D eigenvalue weighted by atomic mass is 10.1. The number of aliphatic hydroxyl groups is 2. The van der Waals surface area contributed by atoms with Crippen molar-refractivity contribution < 1.29 is 14.9 Å². The number of ether oxygens (including phenoxy) is 1. The van der Waals surface area contributed by atoms with Crippen LogP contribution in [0, 0.1) is 0 Å². The summed E-state index contributed by atoms with van der Waals surface area (Å²) in [6, 6.07) is 7.70. The topological polar surface area (TPSA) is 150 Å². The Kier molecular flexibility index (Phi) is 4.54. The molecule has 4 N–H and O–H groups in total. The second-order valence-corrected chi connectivity index (χ2v) is 7.71. The van der Waals surface area contributed by atoms with Crippen LogP contribution in [0.5, 0.6) is 0 Å². The van der Waals surface area contributed by atoms with Gasteiger partial charge in [-0.3, -0.25) is 4.57 Å². The van der Waals surface area contributed by atoms with Crippen LogP contribution in [-0.4, -0.2) is 68.8 Å². The SMILES string of the molecule is Nc1ncnc2c1ncn2C1O[C@H](CSCn2nnc3ccccc32)C(O)C1O. The van der Waals surface area contributed by atoms with Crippen molar-refractivity contribution in [3.05, 3.63) is 36.9 Å². The van der Waals surface area contributed by atoms with Gasteiger partial charge < -0.3 is 20.7 Å². The Morgan fingerprint density at radius 2 is 2.00 bits per heavy atom. The maximum atomic E-state index is 10.5. The zero-order valence-electron chi connectivity index (χ0n) is 15.1. The Hall–Kier alpha value is -2.80. The Morgan fingerprint density at radius 1 is 1.14 bits per heavy atom. The van der Waals surface area contributed by atoms with Crippen molar-refractivity contribution in [1.29, 1.82) is 0 Å². The van der Waals surface area contributed by atoms with Crippen LogP contribution >= 0.6 is 11.8 Å². The fourth-order valence-corrected chi connectivity index (χ4v) is 4.40. The lowest BCUT2D eigenvalue weighted by molar-refractivity contribution is -0.0289. The number of rotatable bonds is 5. The number of nitrogens with zero attached hydrogens (tertiary/aromatic N) is 7. The molecule has 3 aromatic heterocycles. The smallest absolute Gasteiger partial charge is 0.167 e. The lowest BCUT2D eigenvalue weighted by Gasteiger charge is -2.16. The van der Waals surface area contributed by atoms with Crippen LogP contribution in [0.2, 0.25) is 0 Å². The third-order valence-corrected chi connectivity index (χ3v) is 5.91. The monoisotopic (exact) mass is 414 g/mol. The summed E-state index contributed by atoms with van der Waals surface area (Å²) in [6.45, 7) is 0. The van der Waals surface area contributed by atoms with Gasteiger partial charge in [-0.2, -0.15) is 0 Å². The molecular weight excluding hydrogens is 396 g/mol. The van der Waals surface area contributed by atoms with Gasteiger partial charge in [-0.15, -0.1) is 16.9 Å². The maximum absolute atomic E-state index is 10.5. The molecule has 0 radical (unpaired) electrons. The van der Waals surface area contributed by atoms with Gasteiger partial charge in [0.15, 0.2) is 17.7 Å². The highest BCUT2D eigenvalue weighted by Gasteiger charge is 2.44. The zero-order chi connectivity index (χ0) is 20.0. The van der Waals surface area contributed by atoms with Crippen LogP contribution in [-0.2, 0) is 10.6 Å². The Labute approximate surface area is 168 Å². The van der Waals surface area contributed by atoms with Crippen molar-refractivity contribution in [3.63, 3.8) is 0 Å². The number of benzene rings is 1. The molecule has 150 valence electrons. The molecule has 3 unspecified atom stereocenters. The molecule has 4 heterocycles.